The van der Waals surface area contributed by atoms with Crippen LogP contribution in [0.4, 0.5) is 10.3 Å². The van der Waals surface area contributed by atoms with Crippen LogP contribution in [0.3, 0.4) is 0 Å². The third kappa shape index (κ3) is 2.60. The molecule has 0 fully saturated rings. The van der Waals surface area contributed by atoms with Crippen molar-refractivity contribution >= 4 is 21.6 Å². The number of nitrogens with zero attached hydrogens (tertiary/aromatic N) is 2. The third-order valence-corrected chi connectivity index (χ3v) is 2.75. The normalized spacial score (nSPS) is 10.1. The van der Waals surface area contributed by atoms with Gasteiger partial charge in [0.15, 0.2) is 0 Å². The van der Waals surface area contributed by atoms with Crippen molar-refractivity contribution in [2.45, 2.75) is 6.54 Å². The number of aromatic nitrogens is 2. The molecule has 16 heavy (non-hydrogen) atoms. The smallest absolute Gasteiger partial charge is 0.207 e. The van der Waals surface area contributed by atoms with Crippen LogP contribution >= 0.6 is 11.3 Å². The lowest BCUT2D eigenvalue weighted by molar-refractivity contribution is 0.414. The summed E-state index contributed by atoms with van der Waals surface area (Å²) < 4.78 is 5.08. The zero-order valence-corrected chi connectivity index (χ0v) is 9.62. The highest BCUT2D eigenvalue weighted by molar-refractivity contribution is 7.18. The molecule has 0 saturated heterocycles. The van der Waals surface area contributed by atoms with Gasteiger partial charge < -0.3 is 15.8 Å². The van der Waals surface area contributed by atoms with Gasteiger partial charge in [0.1, 0.15) is 5.75 Å². The lowest BCUT2D eigenvalue weighted by Gasteiger charge is -2.03. The van der Waals surface area contributed by atoms with Crippen molar-refractivity contribution in [3.8, 4) is 5.75 Å². The van der Waals surface area contributed by atoms with E-state index >= 15 is 0 Å². The highest BCUT2D eigenvalue weighted by Crippen LogP contribution is 2.18. The molecule has 0 aliphatic rings. The maximum Gasteiger partial charge on any atom is 0.207 e. The van der Waals surface area contributed by atoms with Crippen LogP contribution in [0.25, 0.3) is 0 Å². The molecule has 0 unspecified atom stereocenters. The number of nitrogen functional groups attached to an aromatic ring is 1. The Bertz CT molecular complexity index is 454. The zero-order valence-electron chi connectivity index (χ0n) is 8.80. The quantitative estimate of drug-likeness (QED) is 0.846. The van der Waals surface area contributed by atoms with Crippen molar-refractivity contribution in [1.29, 1.82) is 0 Å². The number of methoxy groups -OCH3 is 1. The summed E-state index contributed by atoms with van der Waals surface area (Å²) in [6, 6.07) is 7.84. The average Bonchev–Trinajstić information content (AvgIpc) is 2.73. The summed E-state index contributed by atoms with van der Waals surface area (Å²) in [5.74, 6) is 0.851. The summed E-state index contributed by atoms with van der Waals surface area (Å²) in [6.45, 7) is 0.693. The summed E-state index contributed by atoms with van der Waals surface area (Å²) in [4.78, 5) is 0. The fourth-order valence-electron chi connectivity index (χ4n) is 1.23. The molecule has 2 aromatic rings. The monoisotopic (exact) mass is 236 g/mol. The molecule has 0 atom stereocenters. The lowest BCUT2D eigenvalue weighted by atomic mass is 10.2. The van der Waals surface area contributed by atoms with E-state index < -0.39 is 0 Å². The van der Waals surface area contributed by atoms with Gasteiger partial charge in [-0.15, -0.1) is 10.2 Å². The third-order valence-electron chi connectivity index (χ3n) is 2.04. The van der Waals surface area contributed by atoms with E-state index in [1.54, 1.807) is 7.11 Å². The van der Waals surface area contributed by atoms with Gasteiger partial charge >= 0.3 is 0 Å². The Hall–Kier alpha value is -1.82. The van der Waals surface area contributed by atoms with E-state index in [9.17, 15) is 0 Å². The van der Waals surface area contributed by atoms with Crippen LogP contribution in [0.1, 0.15) is 5.56 Å². The van der Waals surface area contributed by atoms with Crippen LogP contribution in [-0.4, -0.2) is 17.3 Å². The van der Waals surface area contributed by atoms with Crippen LogP contribution < -0.4 is 15.8 Å². The Morgan fingerprint density at radius 3 is 2.62 bits per heavy atom. The van der Waals surface area contributed by atoms with E-state index in [0.717, 1.165) is 16.4 Å². The number of ether oxygens (including phenoxy) is 1. The molecule has 3 N–H and O–H groups in total. The second-order valence-corrected chi connectivity index (χ2v) is 4.16. The maximum absolute atomic E-state index is 5.47. The first-order chi connectivity index (χ1) is 7.78. The van der Waals surface area contributed by atoms with E-state index in [-0.39, 0.29) is 0 Å². The number of rotatable bonds is 4. The van der Waals surface area contributed by atoms with Crippen LogP contribution in [-0.2, 0) is 6.54 Å². The average molecular weight is 236 g/mol. The van der Waals surface area contributed by atoms with E-state index in [4.69, 9.17) is 10.5 Å². The summed E-state index contributed by atoms with van der Waals surface area (Å²) in [6.07, 6.45) is 0. The van der Waals surface area contributed by atoms with Crippen molar-refractivity contribution in [2.75, 3.05) is 18.2 Å². The van der Waals surface area contributed by atoms with Gasteiger partial charge in [-0.2, -0.15) is 0 Å². The van der Waals surface area contributed by atoms with Gasteiger partial charge in [0.05, 0.1) is 7.11 Å². The number of hydrogen-bond acceptors (Lipinski definition) is 6. The van der Waals surface area contributed by atoms with E-state index in [1.165, 1.54) is 11.3 Å². The second kappa shape index (κ2) is 4.80. The van der Waals surface area contributed by atoms with Crippen LogP contribution in [0.15, 0.2) is 24.3 Å². The first kappa shape index (κ1) is 10.7. The largest absolute Gasteiger partial charge is 0.497 e. The van der Waals surface area contributed by atoms with Gasteiger partial charge in [0.25, 0.3) is 0 Å². The molecule has 0 radical (unpaired) electrons. The van der Waals surface area contributed by atoms with Crippen molar-refractivity contribution in [3.63, 3.8) is 0 Å². The summed E-state index contributed by atoms with van der Waals surface area (Å²) in [7, 11) is 1.65. The fourth-order valence-corrected chi connectivity index (χ4v) is 1.73. The minimum atomic E-state index is 0.470. The Kier molecular flexibility index (Phi) is 3.21. The molecular weight excluding hydrogens is 224 g/mol. The molecule has 5 nitrogen and oxygen atoms in total. The maximum atomic E-state index is 5.47. The van der Waals surface area contributed by atoms with Crippen LogP contribution in [0.5, 0.6) is 5.75 Å². The molecule has 84 valence electrons. The van der Waals surface area contributed by atoms with Crippen molar-refractivity contribution in [1.82, 2.24) is 10.2 Å². The van der Waals surface area contributed by atoms with Crippen LogP contribution in [0.2, 0.25) is 0 Å². The molecule has 6 heteroatoms. The Morgan fingerprint density at radius 1 is 1.31 bits per heavy atom. The zero-order chi connectivity index (χ0) is 11.4. The minimum Gasteiger partial charge on any atom is -0.497 e. The van der Waals surface area contributed by atoms with E-state index in [0.29, 0.717) is 11.7 Å². The number of nitrogens with one attached hydrogen (secondary N) is 1. The number of benzene rings is 1. The molecule has 0 bridgehead atoms. The Balaban J connectivity index is 1.94. The van der Waals surface area contributed by atoms with E-state index in [1.807, 2.05) is 24.3 Å². The van der Waals surface area contributed by atoms with E-state index in [2.05, 4.69) is 15.5 Å². The van der Waals surface area contributed by atoms with Gasteiger partial charge in [0.2, 0.25) is 10.3 Å². The predicted octanol–water partition coefficient (Wildman–Crippen LogP) is 1.74. The van der Waals surface area contributed by atoms with Crippen molar-refractivity contribution in [2.24, 2.45) is 0 Å². The number of anilines is 2. The minimum absolute atomic E-state index is 0.470. The summed E-state index contributed by atoms with van der Waals surface area (Å²) >= 11 is 1.33. The summed E-state index contributed by atoms with van der Waals surface area (Å²) in [5, 5.41) is 11.9. The van der Waals surface area contributed by atoms with Crippen molar-refractivity contribution in [3.05, 3.63) is 29.8 Å². The molecule has 0 aliphatic carbocycles. The lowest BCUT2D eigenvalue weighted by Crippen LogP contribution is -1.98. The molecule has 1 aromatic carbocycles. The molecule has 0 spiro atoms. The second-order valence-electron chi connectivity index (χ2n) is 3.15. The van der Waals surface area contributed by atoms with Crippen LogP contribution in [0, 0.1) is 0 Å². The number of nitrogens with two attached hydrogens (primary N) is 1. The van der Waals surface area contributed by atoms with Gasteiger partial charge in [-0.1, -0.05) is 23.5 Å². The SMILES string of the molecule is COc1ccc(CNc2nnc(N)s2)cc1. The first-order valence-corrected chi connectivity index (χ1v) is 5.55. The molecule has 2 rings (SSSR count). The molecular formula is C10H12N4OS. The standard InChI is InChI=1S/C10H12N4OS/c1-15-8-4-2-7(3-5-8)6-12-10-14-13-9(11)16-10/h2-5H,6H2,1H3,(H2,11,13)(H,12,14). The van der Waals surface area contributed by atoms with Gasteiger partial charge in [-0.3, -0.25) is 0 Å². The number of hydrogen-bond donors (Lipinski definition) is 2. The summed E-state index contributed by atoms with van der Waals surface area (Å²) in [5.41, 5.74) is 6.62. The van der Waals surface area contributed by atoms with Gasteiger partial charge in [0, 0.05) is 6.54 Å². The first-order valence-electron chi connectivity index (χ1n) is 4.73. The fraction of sp³-hybridized carbons (Fsp3) is 0.200. The Morgan fingerprint density at radius 2 is 2.06 bits per heavy atom. The molecule has 0 saturated carbocycles. The molecule has 0 amide bonds. The highest BCUT2D eigenvalue weighted by atomic mass is 32.1. The molecule has 0 aliphatic heterocycles. The molecule has 1 heterocycles. The topological polar surface area (TPSA) is 73.1 Å². The predicted molar refractivity (Wildman–Crippen MR) is 64.6 cm³/mol. The van der Waals surface area contributed by atoms with Gasteiger partial charge in [-0.05, 0) is 17.7 Å². The molecule has 1 aromatic heterocycles. The van der Waals surface area contributed by atoms with Crippen molar-refractivity contribution < 1.29 is 4.74 Å². The highest BCUT2D eigenvalue weighted by Gasteiger charge is 2.00. The van der Waals surface area contributed by atoms with Gasteiger partial charge in [-0.25, -0.2) is 0 Å². The Labute approximate surface area is 97.3 Å².